The van der Waals surface area contributed by atoms with E-state index in [4.69, 9.17) is 9.84 Å². The van der Waals surface area contributed by atoms with E-state index in [0.717, 1.165) is 31.9 Å². The van der Waals surface area contributed by atoms with E-state index < -0.39 is 0 Å². The van der Waals surface area contributed by atoms with Crippen molar-refractivity contribution in [1.82, 2.24) is 5.32 Å². The number of nitrogens with one attached hydrogen (secondary N) is 1. The number of aliphatic hydroxyl groups excluding tert-OH is 1. The Bertz CT molecular complexity index is 161. The molecule has 0 aromatic heterocycles. The van der Waals surface area contributed by atoms with Crippen LogP contribution in [-0.4, -0.2) is 31.4 Å². The highest BCUT2D eigenvalue weighted by Crippen LogP contribution is 2.05. The van der Waals surface area contributed by atoms with Crippen LogP contribution in [-0.2, 0) is 4.74 Å². The van der Waals surface area contributed by atoms with Gasteiger partial charge in [0.2, 0.25) is 0 Å². The van der Waals surface area contributed by atoms with Gasteiger partial charge in [-0.3, -0.25) is 0 Å². The van der Waals surface area contributed by atoms with Gasteiger partial charge >= 0.3 is 0 Å². The van der Waals surface area contributed by atoms with Gasteiger partial charge in [0, 0.05) is 6.54 Å². The van der Waals surface area contributed by atoms with E-state index >= 15 is 0 Å². The van der Waals surface area contributed by atoms with Crippen LogP contribution in [0.2, 0.25) is 0 Å². The Balaban J connectivity index is -0.000000656. The lowest BCUT2D eigenvalue weighted by atomic mass is 10.1. The topological polar surface area (TPSA) is 41.5 Å². The molecule has 2 N–H and O–H groups in total. The van der Waals surface area contributed by atoms with E-state index in [1.54, 1.807) is 0 Å². The molecule has 0 aliphatic heterocycles. The maximum absolute atomic E-state index is 8.55. The fourth-order valence-corrected chi connectivity index (χ4v) is 1.51. The third-order valence-electron chi connectivity index (χ3n) is 2.38. The monoisotopic (exact) mass is 289 g/mol. The minimum atomic E-state index is 0.239. The summed E-state index contributed by atoms with van der Waals surface area (Å²) in [7, 11) is 0. The quantitative estimate of drug-likeness (QED) is 0.410. The fourth-order valence-electron chi connectivity index (χ4n) is 1.51. The molecule has 0 aromatic carbocycles. The molecule has 124 valence electrons. The highest BCUT2D eigenvalue weighted by atomic mass is 16.5. The first-order chi connectivity index (χ1) is 9.77. The van der Waals surface area contributed by atoms with Gasteiger partial charge in [-0.25, -0.2) is 0 Å². The average Bonchev–Trinajstić information content (AvgIpc) is 2.48. The third-order valence-corrected chi connectivity index (χ3v) is 2.38. The summed E-state index contributed by atoms with van der Waals surface area (Å²) in [5, 5.41) is 11.7. The Morgan fingerprint density at radius 2 is 1.40 bits per heavy atom. The highest BCUT2D eigenvalue weighted by Gasteiger charge is 1.92. The minimum absolute atomic E-state index is 0.239. The zero-order valence-electron chi connectivity index (χ0n) is 14.6. The Morgan fingerprint density at radius 3 is 1.90 bits per heavy atom. The standard InChI is InChI=1S/C13H27NO2.2C2H6/c1-13(2)16-12-8-6-4-3-5-7-9-14-10-11-15;2*1-2/h14-15H,1,3-12H2,2H3;2*1-2H3. The predicted molar refractivity (Wildman–Crippen MR) is 91.1 cm³/mol. The zero-order chi connectivity index (χ0) is 16.1. The number of allylic oxidation sites excluding steroid dienone is 1. The molecular formula is C17H39NO2. The maximum atomic E-state index is 8.55. The summed E-state index contributed by atoms with van der Waals surface area (Å²) in [4.78, 5) is 0. The molecular weight excluding hydrogens is 250 g/mol. The summed E-state index contributed by atoms with van der Waals surface area (Å²) in [6.45, 7) is 16.4. The lowest BCUT2D eigenvalue weighted by Gasteiger charge is -2.05. The molecule has 0 aromatic rings. The molecule has 0 rings (SSSR count). The van der Waals surface area contributed by atoms with Crippen LogP contribution in [0.4, 0.5) is 0 Å². The summed E-state index contributed by atoms with van der Waals surface area (Å²) in [6, 6.07) is 0. The molecule has 0 unspecified atom stereocenters. The first-order valence-corrected chi connectivity index (χ1v) is 8.37. The summed E-state index contributed by atoms with van der Waals surface area (Å²) in [6.07, 6.45) is 7.46. The second kappa shape index (κ2) is 26.9. The third kappa shape index (κ3) is 30.5. The maximum Gasteiger partial charge on any atom is 0.0876 e. The fraction of sp³-hybridized carbons (Fsp3) is 0.882. The lowest BCUT2D eigenvalue weighted by molar-refractivity contribution is 0.208. The van der Waals surface area contributed by atoms with Gasteiger partial charge in [-0.2, -0.15) is 0 Å². The molecule has 0 heterocycles. The normalized spacial score (nSPS) is 8.90. The van der Waals surface area contributed by atoms with Crippen LogP contribution in [0.25, 0.3) is 0 Å². The van der Waals surface area contributed by atoms with Crippen molar-refractivity contribution in [2.75, 3.05) is 26.3 Å². The van der Waals surface area contributed by atoms with Gasteiger partial charge in [0.1, 0.15) is 0 Å². The first-order valence-electron chi connectivity index (χ1n) is 8.37. The van der Waals surface area contributed by atoms with Crippen molar-refractivity contribution in [2.45, 2.75) is 73.1 Å². The number of hydrogen-bond donors (Lipinski definition) is 2. The average molecular weight is 290 g/mol. The number of ether oxygens (including phenoxy) is 1. The molecule has 0 aliphatic rings. The van der Waals surface area contributed by atoms with Crippen molar-refractivity contribution in [3.63, 3.8) is 0 Å². The van der Waals surface area contributed by atoms with E-state index in [-0.39, 0.29) is 6.61 Å². The van der Waals surface area contributed by atoms with E-state index in [0.29, 0.717) is 0 Å². The number of unbranched alkanes of at least 4 members (excludes halogenated alkanes) is 5. The van der Waals surface area contributed by atoms with Crippen molar-refractivity contribution in [2.24, 2.45) is 0 Å². The SMILES string of the molecule is C=C(C)OCCCCCCCCNCCO.CC.CC. The lowest BCUT2D eigenvalue weighted by Crippen LogP contribution is -2.19. The Morgan fingerprint density at radius 1 is 0.900 bits per heavy atom. The van der Waals surface area contributed by atoms with E-state index in [1.807, 2.05) is 34.6 Å². The first kappa shape index (κ1) is 24.5. The molecule has 0 fully saturated rings. The molecule has 0 bridgehead atoms. The largest absolute Gasteiger partial charge is 0.499 e. The van der Waals surface area contributed by atoms with Gasteiger partial charge in [0.15, 0.2) is 0 Å². The Hall–Kier alpha value is -0.540. The van der Waals surface area contributed by atoms with Crippen molar-refractivity contribution >= 4 is 0 Å². The van der Waals surface area contributed by atoms with Gasteiger partial charge in [-0.05, 0) is 26.3 Å². The van der Waals surface area contributed by atoms with Gasteiger partial charge in [0.05, 0.1) is 19.0 Å². The highest BCUT2D eigenvalue weighted by molar-refractivity contribution is 4.73. The molecule has 3 nitrogen and oxygen atoms in total. The second-order valence-electron chi connectivity index (χ2n) is 4.15. The molecule has 20 heavy (non-hydrogen) atoms. The predicted octanol–water partition coefficient (Wildman–Crippen LogP) is 4.51. The minimum Gasteiger partial charge on any atom is -0.499 e. The van der Waals surface area contributed by atoms with Gasteiger partial charge < -0.3 is 15.2 Å². The van der Waals surface area contributed by atoms with Crippen molar-refractivity contribution in [3.05, 3.63) is 12.3 Å². The van der Waals surface area contributed by atoms with Gasteiger partial charge in [-0.15, -0.1) is 0 Å². The Labute approximate surface area is 127 Å². The van der Waals surface area contributed by atoms with E-state index in [9.17, 15) is 0 Å². The van der Waals surface area contributed by atoms with Crippen molar-refractivity contribution in [1.29, 1.82) is 0 Å². The summed E-state index contributed by atoms with van der Waals surface area (Å²) in [5.41, 5.74) is 0. The van der Waals surface area contributed by atoms with Gasteiger partial charge in [0.25, 0.3) is 0 Å². The molecule has 0 atom stereocenters. The number of aliphatic hydroxyl groups is 1. The number of hydrogen-bond acceptors (Lipinski definition) is 3. The second-order valence-corrected chi connectivity index (χ2v) is 4.15. The molecule has 3 heteroatoms. The molecule has 0 amide bonds. The van der Waals surface area contributed by atoms with E-state index in [2.05, 4.69) is 11.9 Å². The van der Waals surface area contributed by atoms with Crippen molar-refractivity contribution in [3.8, 4) is 0 Å². The van der Waals surface area contributed by atoms with Crippen molar-refractivity contribution < 1.29 is 9.84 Å². The summed E-state index contributed by atoms with van der Waals surface area (Å²) < 4.78 is 5.29. The van der Waals surface area contributed by atoms with E-state index in [1.165, 1.54) is 32.1 Å². The number of rotatable bonds is 12. The summed E-state index contributed by atoms with van der Waals surface area (Å²) in [5.74, 6) is 0.815. The Kier molecular flexibility index (Phi) is 32.9. The molecule has 0 spiro atoms. The molecule has 0 radical (unpaired) electrons. The zero-order valence-corrected chi connectivity index (χ0v) is 14.6. The van der Waals surface area contributed by atoms with Crippen LogP contribution >= 0.6 is 0 Å². The van der Waals surface area contributed by atoms with Crippen LogP contribution in [0.3, 0.4) is 0 Å². The van der Waals surface area contributed by atoms with Crippen LogP contribution in [0.5, 0.6) is 0 Å². The molecule has 0 aliphatic carbocycles. The molecule has 0 saturated carbocycles. The van der Waals surface area contributed by atoms with Crippen LogP contribution in [0.1, 0.15) is 73.1 Å². The van der Waals surface area contributed by atoms with Crippen LogP contribution < -0.4 is 5.32 Å². The van der Waals surface area contributed by atoms with Crippen LogP contribution in [0.15, 0.2) is 12.3 Å². The van der Waals surface area contributed by atoms with Gasteiger partial charge in [-0.1, -0.05) is 60.0 Å². The molecule has 0 saturated heterocycles. The summed E-state index contributed by atoms with van der Waals surface area (Å²) >= 11 is 0. The van der Waals surface area contributed by atoms with Crippen LogP contribution in [0, 0.1) is 0 Å². The smallest absolute Gasteiger partial charge is 0.0876 e.